The predicted molar refractivity (Wildman–Crippen MR) is 72.9 cm³/mol. The fraction of sp³-hybridized carbons (Fsp3) is 0.417. The molecule has 2 rings (SSSR count). The first-order valence-electron chi connectivity index (χ1n) is 5.66. The number of rotatable bonds is 2. The quantitative estimate of drug-likeness (QED) is 0.665. The van der Waals surface area contributed by atoms with Crippen LogP contribution in [0.5, 0.6) is 0 Å². The van der Waals surface area contributed by atoms with Gasteiger partial charge >= 0.3 is 5.90 Å². The van der Waals surface area contributed by atoms with Crippen molar-refractivity contribution in [2.24, 2.45) is 0 Å². The summed E-state index contributed by atoms with van der Waals surface area (Å²) in [6.07, 6.45) is 0.706. The summed E-state index contributed by atoms with van der Waals surface area (Å²) in [5.41, 5.74) is 5.45. The summed E-state index contributed by atoms with van der Waals surface area (Å²) in [4.78, 5) is 0.734. The SMILES string of the molecule is COC1=[N+]([O-])N(C)NC1Cc1cc(Br)ccc1C. The van der Waals surface area contributed by atoms with E-state index < -0.39 is 0 Å². The average molecular weight is 314 g/mol. The van der Waals surface area contributed by atoms with Gasteiger partial charge in [-0.3, -0.25) is 0 Å². The van der Waals surface area contributed by atoms with E-state index in [9.17, 15) is 5.21 Å². The normalized spacial score (nSPS) is 19.6. The van der Waals surface area contributed by atoms with Crippen molar-refractivity contribution in [2.75, 3.05) is 14.2 Å². The van der Waals surface area contributed by atoms with E-state index in [0.717, 1.165) is 9.32 Å². The van der Waals surface area contributed by atoms with Gasteiger partial charge in [-0.2, -0.15) is 5.43 Å². The molecule has 0 bridgehead atoms. The second-order valence-electron chi connectivity index (χ2n) is 4.30. The number of benzene rings is 1. The molecule has 1 aromatic carbocycles. The lowest BCUT2D eigenvalue weighted by atomic mass is 10.0. The van der Waals surface area contributed by atoms with Crippen molar-refractivity contribution < 1.29 is 9.58 Å². The number of hydrogen-bond donors (Lipinski definition) is 1. The fourth-order valence-electron chi connectivity index (χ4n) is 2.05. The third-order valence-electron chi connectivity index (χ3n) is 3.05. The molecule has 5 nitrogen and oxygen atoms in total. The smallest absolute Gasteiger partial charge is 0.398 e. The molecule has 6 heteroatoms. The summed E-state index contributed by atoms with van der Waals surface area (Å²) in [6, 6.07) is 6.00. The largest absolute Gasteiger partial charge is 0.592 e. The summed E-state index contributed by atoms with van der Waals surface area (Å²) in [5.74, 6) is 0.386. The monoisotopic (exact) mass is 313 g/mol. The fourth-order valence-corrected chi connectivity index (χ4v) is 2.46. The van der Waals surface area contributed by atoms with Gasteiger partial charge in [0, 0.05) is 10.9 Å². The van der Waals surface area contributed by atoms with Crippen LogP contribution in [0.2, 0.25) is 0 Å². The lowest BCUT2D eigenvalue weighted by Crippen LogP contribution is -2.39. The highest BCUT2D eigenvalue weighted by molar-refractivity contribution is 9.10. The van der Waals surface area contributed by atoms with E-state index in [1.807, 2.05) is 6.07 Å². The Kier molecular flexibility index (Phi) is 3.77. The Labute approximate surface area is 115 Å². The minimum Gasteiger partial charge on any atom is -0.592 e. The first kappa shape index (κ1) is 13.2. The number of methoxy groups -OCH3 is 1. The Morgan fingerprint density at radius 1 is 1.56 bits per heavy atom. The Morgan fingerprint density at radius 3 is 2.94 bits per heavy atom. The molecule has 0 radical (unpaired) electrons. The molecular weight excluding hydrogens is 298 g/mol. The van der Waals surface area contributed by atoms with Crippen LogP contribution in [0.1, 0.15) is 11.1 Å². The molecule has 1 unspecified atom stereocenters. The van der Waals surface area contributed by atoms with Gasteiger partial charge in [0.1, 0.15) is 0 Å². The molecule has 0 aliphatic carbocycles. The molecular formula is C12H16BrN3O2. The lowest BCUT2D eigenvalue weighted by Gasteiger charge is -2.11. The average Bonchev–Trinajstić information content (AvgIpc) is 2.59. The summed E-state index contributed by atoms with van der Waals surface area (Å²) < 4.78 is 6.20. The maximum absolute atomic E-state index is 11.7. The summed E-state index contributed by atoms with van der Waals surface area (Å²) in [5, 5.41) is 13.1. The van der Waals surface area contributed by atoms with E-state index in [0.29, 0.717) is 12.3 Å². The van der Waals surface area contributed by atoms with Crippen LogP contribution in [0, 0.1) is 12.1 Å². The summed E-state index contributed by atoms with van der Waals surface area (Å²) >= 11 is 3.46. The molecule has 1 heterocycles. The maximum Gasteiger partial charge on any atom is 0.398 e. The Morgan fingerprint density at radius 2 is 2.28 bits per heavy atom. The van der Waals surface area contributed by atoms with Crippen molar-refractivity contribution in [3.63, 3.8) is 0 Å². The van der Waals surface area contributed by atoms with Crippen LogP contribution < -0.4 is 5.43 Å². The highest BCUT2D eigenvalue weighted by Crippen LogP contribution is 2.19. The van der Waals surface area contributed by atoms with Crippen molar-refractivity contribution in [2.45, 2.75) is 19.4 Å². The molecule has 1 atom stereocenters. The number of nitrogens with one attached hydrogen (secondary N) is 1. The zero-order chi connectivity index (χ0) is 13.3. The van der Waals surface area contributed by atoms with Crippen molar-refractivity contribution in [3.8, 4) is 0 Å². The van der Waals surface area contributed by atoms with Crippen LogP contribution in [0.25, 0.3) is 0 Å². The van der Waals surface area contributed by atoms with E-state index in [-0.39, 0.29) is 6.04 Å². The van der Waals surface area contributed by atoms with Crippen LogP contribution in [0.4, 0.5) is 0 Å². The highest BCUT2D eigenvalue weighted by Gasteiger charge is 2.36. The first-order chi connectivity index (χ1) is 8.52. The van der Waals surface area contributed by atoms with E-state index >= 15 is 0 Å². The second-order valence-corrected chi connectivity index (χ2v) is 5.21. The molecule has 0 aromatic heterocycles. The number of hydrazone groups is 1. The standard InChI is InChI=1S/C12H16BrN3O2/c1-8-4-5-10(13)6-9(8)7-11-12(18-3)16(17)15(2)14-11/h4-6,11,14H,7H2,1-3H3. The first-order valence-corrected chi connectivity index (χ1v) is 6.45. The van der Waals surface area contributed by atoms with Crippen molar-refractivity contribution in [1.29, 1.82) is 0 Å². The second kappa shape index (κ2) is 5.16. The Balaban J connectivity index is 2.22. The number of aryl methyl sites for hydroxylation is 1. The molecule has 1 aromatic rings. The van der Waals surface area contributed by atoms with Gasteiger partial charge in [-0.25, -0.2) is 0 Å². The van der Waals surface area contributed by atoms with Gasteiger partial charge < -0.3 is 9.94 Å². The molecule has 0 spiro atoms. The molecule has 0 amide bonds. The maximum atomic E-state index is 11.7. The van der Waals surface area contributed by atoms with Crippen LogP contribution in [-0.4, -0.2) is 36.1 Å². The van der Waals surface area contributed by atoms with Crippen LogP contribution in [0.3, 0.4) is 0 Å². The third-order valence-corrected chi connectivity index (χ3v) is 3.54. The van der Waals surface area contributed by atoms with Crippen molar-refractivity contribution in [1.82, 2.24) is 10.5 Å². The molecule has 1 aliphatic heterocycles. The third kappa shape index (κ3) is 2.44. The zero-order valence-electron chi connectivity index (χ0n) is 10.6. The van der Waals surface area contributed by atoms with Gasteiger partial charge in [-0.1, -0.05) is 22.0 Å². The minimum absolute atomic E-state index is 0.134. The molecule has 1 aliphatic rings. The van der Waals surface area contributed by atoms with Crippen LogP contribution in [0.15, 0.2) is 22.7 Å². The minimum atomic E-state index is -0.134. The van der Waals surface area contributed by atoms with Gasteiger partial charge in [0.2, 0.25) is 0 Å². The van der Waals surface area contributed by atoms with Crippen molar-refractivity contribution >= 4 is 21.8 Å². The van der Waals surface area contributed by atoms with Crippen LogP contribution in [-0.2, 0) is 11.2 Å². The highest BCUT2D eigenvalue weighted by atomic mass is 79.9. The van der Waals surface area contributed by atoms with Crippen LogP contribution >= 0.6 is 15.9 Å². The Bertz CT molecular complexity index is 490. The number of ether oxygens (including phenoxy) is 1. The number of hydrogen-bond acceptors (Lipinski definition) is 4. The number of hydrazine groups is 2. The van der Waals surface area contributed by atoms with E-state index in [4.69, 9.17) is 4.74 Å². The zero-order valence-corrected chi connectivity index (χ0v) is 12.2. The molecule has 1 N–H and O–H groups in total. The lowest BCUT2D eigenvalue weighted by molar-refractivity contribution is -0.638. The molecule has 0 saturated heterocycles. The van der Waals surface area contributed by atoms with E-state index in [1.54, 1.807) is 7.05 Å². The number of halogens is 1. The topological polar surface area (TPSA) is 50.6 Å². The van der Waals surface area contributed by atoms with Gasteiger partial charge in [0.05, 0.1) is 14.2 Å². The Hall–Kier alpha value is -1.27. The number of nitrogens with zero attached hydrogens (tertiary/aromatic N) is 2. The van der Waals surface area contributed by atoms with Gasteiger partial charge in [0.15, 0.2) is 6.04 Å². The van der Waals surface area contributed by atoms with Gasteiger partial charge in [-0.05, 0) is 35.0 Å². The van der Waals surface area contributed by atoms with Crippen molar-refractivity contribution in [3.05, 3.63) is 39.0 Å². The molecule has 0 fully saturated rings. The van der Waals surface area contributed by atoms with Gasteiger partial charge in [-0.15, -0.1) is 5.12 Å². The van der Waals surface area contributed by atoms with Gasteiger partial charge in [0.25, 0.3) is 0 Å². The summed E-state index contributed by atoms with van der Waals surface area (Å²) in [6.45, 7) is 2.06. The van der Waals surface area contributed by atoms with E-state index in [2.05, 4.69) is 40.4 Å². The molecule has 0 saturated carbocycles. The summed E-state index contributed by atoms with van der Waals surface area (Å²) in [7, 11) is 3.18. The molecule has 98 valence electrons. The molecule has 18 heavy (non-hydrogen) atoms. The predicted octanol–water partition coefficient (Wildman–Crippen LogP) is 1.59. The van der Waals surface area contributed by atoms with E-state index in [1.165, 1.54) is 23.4 Å².